The van der Waals surface area contributed by atoms with Crippen molar-refractivity contribution in [3.8, 4) is 17.6 Å². The van der Waals surface area contributed by atoms with E-state index in [1.165, 1.54) is 4.57 Å². The molecule has 2 aliphatic heterocycles. The predicted molar refractivity (Wildman–Crippen MR) is 115 cm³/mol. The van der Waals surface area contributed by atoms with Crippen molar-refractivity contribution in [1.82, 2.24) is 19.4 Å². The molecule has 0 aliphatic carbocycles. The van der Waals surface area contributed by atoms with Crippen molar-refractivity contribution in [1.29, 1.82) is 5.26 Å². The summed E-state index contributed by atoms with van der Waals surface area (Å²) in [7, 11) is 0. The number of benzene rings is 1. The van der Waals surface area contributed by atoms with Crippen LogP contribution in [0.2, 0.25) is 5.02 Å². The van der Waals surface area contributed by atoms with E-state index in [-0.39, 0.29) is 28.7 Å². The Morgan fingerprint density at radius 1 is 1.48 bits per heavy atom. The molecule has 0 spiro atoms. The van der Waals surface area contributed by atoms with Crippen LogP contribution in [0.15, 0.2) is 16.9 Å². The molecule has 2 atom stereocenters. The number of hydrogen-bond acceptors (Lipinski definition) is 4. The van der Waals surface area contributed by atoms with Gasteiger partial charge in [-0.15, -0.1) is 0 Å². The molecule has 152 valence electrons. The molecule has 1 aromatic carbocycles. The van der Waals surface area contributed by atoms with E-state index in [0.717, 1.165) is 13.0 Å². The third kappa shape index (κ3) is 2.92. The fraction of sp³-hybridized carbons (Fsp3) is 0.450. The van der Waals surface area contributed by atoms with Crippen molar-refractivity contribution in [3.63, 3.8) is 0 Å². The maximum atomic E-state index is 13.2. The van der Waals surface area contributed by atoms with Gasteiger partial charge in [0.05, 0.1) is 28.4 Å². The lowest BCUT2D eigenvalue weighted by Gasteiger charge is -2.30. The van der Waals surface area contributed by atoms with Gasteiger partial charge in [0, 0.05) is 13.1 Å². The molecule has 1 fully saturated rings. The lowest BCUT2D eigenvalue weighted by atomic mass is 10.1. The second-order valence-electron chi connectivity index (χ2n) is 8.02. The van der Waals surface area contributed by atoms with E-state index in [2.05, 4.69) is 24.1 Å². The number of aromatic nitrogens is 2. The van der Waals surface area contributed by atoms with E-state index < -0.39 is 0 Å². The van der Waals surface area contributed by atoms with Gasteiger partial charge in [0.25, 0.3) is 0 Å². The van der Waals surface area contributed by atoms with Crippen LogP contribution in [-0.4, -0.2) is 37.3 Å². The molecular weight excluding hydrogens is 410 g/mol. The minimum Gasteiger partial charge on any atom is -0.493 e. The summed E-state index contributed by atoms with van der Waals surface area (Å²) < 4.78 is 2.96. The number of nitrogens with zero attached hydrogens (tertiary/aromatic N) is 4. The smallest absolute Gasteiger partial charge is 0.336 e. The first-order chi connectivity index (χ1) is 13.8. The summed E-state index contributed by atoms with van der Waals surface area (Å²) in [6, 6.07) is 5.05. The second kappa shape index (κ2) is 7.08. The van der Waals surface area contributed by atoms with Crippen LogP contribution in [-0.2, 0) is 0 Å². The van der Waals surface area contributed by atoms with Crippen LogP contribution in [0.3, 0.4) is 0 Å². The number of imidazole rings is 1. The number of thiocarbonyl (C=S) groups is 1. The van der Waals surface area contributed by atoms with Crippen molar-refractivity contribution in [3.05, 3.63) is 44.5 Å². The lowest BCUT2D eigenvalue weighted by Crippen LogP contribution is -2.44. The standard InChI is InChI=1S/C20H22ClN5O2S/c1-10(2)8-23-19(29)24-9-13-6-15(24)17-18(27)26(20(28)25(13)17)14-5-4-12(7-22)16(21)11(14)3/h4-5,10,13,15,27H,6,8-9H2,1-3H3,(H,23,29)/t13-,15-/m0/s1. The largest absolute Gasteiger partial charge is 0.493 e. The molecule has 29 heavy (non-hydrogen) atoms. The second-order valence-corrected chi connectivity index (χ2v) is 8.78. The average molecular weight is 432 g/mol. The zero-order chi connectivity index (χ0) is 21.0. The molecule has 0 saturated carbocycles. The Kier molecular flexibility index (Phi) is 4.83. The number of likely N-dealkylation sites (tertiary alicyclic amines) is 1. The van der Waals surface area contributed by atoms with Gasteiger partial charge < -0.3 is 15.3 Å². The minimum atomic E-state index is -0.297. The maximum Gasteiger partial charge on any atom is 0.336 e. The van der Waals surface area contributed by atoms with Crippen molar-refractivity contribution in [2.75, 3.05) is 13.1 Å². The summed E-state index contributed by atoms with van der Waals surface area (Å²) >= 11 is 11.8. The highest BCUT2D eigenvalue weighted by Crippen LogP contribution is 2.48. The van der Waals surface area contributed by atoms with Gasteiger partial charge in [-0.3, -0.25) is 4.57 Å². The van der Waals surface area contributed by atoms with Crippen LogP contribution in [0, 0.1) is 24.2 Å². The molecule has 0 radical (unpaired) electrons. The Bertz CT molecular complexity index is 1110. The van der Waals surface area contributed by atoms with Gasteiger partial charge in [0.15, 0.2) is 5.11 Å². The predicted octanol–water partition coefficient (Wildman–Crippen LogP) is 3.01. The molecule has 3 heterocycles. The summed E-state index contributed by atoms with van der Waals surface area (Å²) in [5.41, 5.74) is 1.67. The Hall–Kier alpha value is -2.50. The SMILES string of the molecule is Cc1c(-n2c(O)c3n(c2=O)[C@H]2C[C@@H]3N(C(=S)NCC(C)C)C2)ccc(C#N)c1Cl. The summed E-state index contributed by atoms with van der Waals surface area (Å²) in [6.07, 6.45) is 0.746. The Balaban J connectivity index is 1.75. The highest BCUT2D eigenvalue weighted by atomic mass is 35.5. The fourth-order valence-corrected chi connectivity index (χ4v) is 4.77. The zero-order valence-electron chi connectivity index (χ0n) is 16.4. The zero-order valence-corrected chi connectivity index (χ0v) is 18.0. The Morgan fingerprint density at radius 2 is 2.21 bits per heavy atom. The highest BCUT2D eigenvalue weighted by molar-refractivity contribution is 7.80. The minimum absolute atomic E-state index is 0.0393. The molecule has 2 bridgehead atoms. The van der Waals surface area contributed by atoms with Gasteiger partial charge in [0.2, 0.25) is 5.88 Å². The fourth-order valence-electron chi connectivity index (χ4n) is 4.28. The monoisotopic (exact) mass is 431 g/mol. The molecule has 7 nitrogen and oxygen atoms in total. The molecule has 1 aromatic heterocycles. The van der Waals surface area contributed by atoms with Gasteiger partial charge in [-0.25, -0.2) is 9.36 Å². The van der Waals surface area contributed by atoms with Gasteiger partial charge in [-0.2, -0.15) is 5.26 Å². The first-order valence-electron chi connectivity index (χ1n) is 9.56. The van der Waals surface area contributed by atoms with Gasteiger partial charge in [-0.1, -0.05) is 25.4 Å². The summed E-state index contributed by atoms with van der Waals surface area (Å²) in [5.74, 6) is 0.368. The number of fused-ring (bicyclic) bond motifs is 5. The molecule has 9 heteroatoms. The van der Waals surface area contributed by atoms with E-state index in [4.69, 9.17) is 29.1 Å². The van der Waals surface area contributed by atoms with Crippen LogP contribution >= 0.6 is 23.8 Å². The highest BCUT2D eigenvalue weighted by Gasteiger charge is 2.48. The molecule has 2 aliphatic rings. The summed E-state index contributed by atoms with van der Waals surface area (Å²) in [5, 5.41) is 24.4. The van der Waals surface area contributed by atoms with E-state index in [0.29, 0.717) is 40.1 Å². The van der Waals surface area contributed by atoms with Crippen molar-refractivity contribution >= 4 is 28.9 Å². The van der Waals surface area contributed by atoms with Crippen LogP contribution in [0.4, 0.5) is 0 Å². The van der Waals surface area contributed by atoms with E-state index in [1.807, 2.05) is 6.07 Å². The molecule has 2 N–H and O–H groups in total. The molecular formula is C20H22ClN5O2S. The lowest BCUT2D eigenvalue weighted by molar-refractivity contribution is 0.332. The maximum absolute atomic E-state index is 13.2. The van der Waals surface area contributed by atoms with Gasteiger partial charge in [0.1, 0.15) is 11.8 Å². The van der Waals surface area contributed by atoms with Crippen LogP contribution in [0.1, 0.15) is 49.2 Å². The third-order valence-electron chi connectivity index (χ3n) is 5.70. The number of rotatable bonds is 3. The number of nitrogens with one attached hydrogen (secondary N) is 1. The number of nitriles is 1. The van der Waals surface area contributed by atoms with Gasteiger partial charge in [-0.05, 0) is 49.2 Å². The Labute approximate surface area is 179 Å². The van der Waals surface area contributed by atoms with Crippen LogP contribution < -0.4 is 11.0 Å². The average Bonchev–Trinajstić information content (AvgIpc) is 3.34. The summed E-state index contributed by atoms with van der Waals surface area (Å²) in [4.78, 5) is 15.2. The third-order valence-corrected chi connectivity index (χ3v) is 6.57. The molecule has 0 amide bonds. The quantitative estimate of drug-likeness (QED) is 0.726. The topological polar surface area (TPSA) is 86.2 Å². The van der Waals surface area contributed by atoms with Crippen molar-refractivity contribution in [2.45, 2.75) is 39.3 Å². The number of halogens is 1. The first kappa shape index (κ1) is 19.8. The molecule has 4 rings (SSSR count). The van der Waals surface area contributed by atoms with Gasteiger partial charge >= 0.3 is 5.69 Å². The van der Waals surface area contributed by atoms with Crippen molar-refractivity contribution < 1.29 is 5.11 Å². The van der Waals surface area contributed by atoms with E-state index in [1.54, 1.807) is 23.6 Å². The van der Waals surface area contributed by atoms with Crippen LogP contribution in [0.25, 0.3) is 5.69 Å². The molecule has 0 unspecified atom stereocenters. The first-order valence-corrected chi connectivity index (χ1v) is 10.3. The normalized spacial score (nSPS) is 19.5. The molecule has 1 saturated heterocycles. The number of aromatic hydroxyl groups is 1. The Morgan fingerprint density at radius 3 is 2.86 bits per heavy atom. The van der Waals surface area contributed by atoms with E-state index >= 15 is 0 Å². The van der Waals surface area contributed by atoms with Crippen LogP contribution in [0.5, 0.6) is 5.88 Å². The summed E-state index contributed by atoms with van der Waals surface area (Å²) in [6.45, 7) is 7.37. The van der Waals surface area contributed by atoms with Crippen molar-refractivity contribution in [2.24, 2.45) is 5.92 Å². The molecule has 2 aromatic rings. The number of hydrogen-bond donors (Lipinski definition) is 2. The van der Waals surface area contributed by atoms with E-state index in [9.17, 15) is 9.90 Å².